The van der Waals surface area contributed by atoms with Gasteiger partial charge in [0.25, 0.3) is 0 Å². The molecule has 1 fully saturated rings. The van der Waals surface area contributed by atoms with Crippen LogP contribution in [0.5, 0.6) is 0 Å². The van der Waals surface area contributed by atoms with Crippen molar-refractivity contribution in [2.75, 3.05) is 26.7 Å². The molecule has 1 aromatic carbocycles. The van der Waals surface area contributed by atoms with Gasteiger partial charge in [0, 0.05) is 43.8 Å². The molecule has 2 rings (SSSR count). The highest BCUT2D eigenvalue weighted by Crippen LogP contribution is 2.23. The fourth-order valence-electron chi connectivity index (χ4n) is 2.56. The van der Waals surface area contributed by atoms with E-state index in [1.165, 1.54) is 6.07 Å². The zero-order valence-corrected chi connectivity index (χ0v) is 14.1. The molecule has 1 heterocycles. The highest BCUT2D eigenvalue weighted by atomic mass is 35.5. The average molecular weight is 342 g/mol. The Bertz CT molecular complexity index is 576. The Hall–Kier alpha value is -1.66. The Morgan fingerprint density at radius 1 is 1.52 bits per heavy atom. The molecular formula is C16H21ClFN3O2. The van der Waals surface area contributed by atoms with Crippen LogP contribution in [-0.4, -0.2) is 54.3 Å². The van der Waals surface area contributed by atoms with Crippen LogP contribution in [-0.2, 0) is 16.1 Å². The maximum Gasteiger partial charge on any atom is 0.237 e. The van der Waals surface area contributed by atoms with Gasteiger partial charge in [-0.1, -0.05) is 17.7 Å². The van der Waals surface area contributed by atoms with Gasteiger partial charge in [0.15, 0.2) is 0 Å². The molecule has 0 spiro atoms. The van der Waals surface area contributed by atoms with Crippen molar-refractivity contribution in [2.45, 2.75) is 25.9 Å². The first-order valence-corrected chi connectivity index (χ1v) is 8.00. The number of piperazine rings is 1. The third-order valence-corrected chi connectivity index (χ3v) is 4.49. The summed E-state index contributed by atoms with van der Waals surface area (Å²) in [6.07, 6.45) is 0.0717. The molecule has 0 aromatic heterocycles. The number of carbonyl (C=O) groups is 2. The predicted molar refractivity (Wildman–Crippen MR) is 86.5 cm³/mol. The number of nitrogens with zero attached hydrogens (tertiary/aromatic N) is 2. The van der Waals surface area contributed by atoms with E-state index in [-0.39, 0.29) is 24.8 Å². The molecule has 126 valence electrons. The smallest absolute Gasteiger partial charge is 0.237 e. The minimum absolute atomic E-state index is 0.0717. The number of carbonyl (C=O) groups excluding carboxylic acids is 2. The summed E-state index contributed by atoms with van der Waals surface area (Å²) in [6, 6.07) is 3.90. The van der Waals surface area contributed by atoms with Crippen LogP contribution in [0.25, 0.3) is 0 Å². The van der Waals surface area contributed by atoms with Crippen LogP contribution in [0.4, 0.5) is 4.39 Å². The number of amides is 2. The van der Waals surface area contributed by atoms with Crippen LogP contribution in [0.3, 0.4) is 0 Å². The number of halogens is 2. The Labute approximate surface area is 140 Å². The molecule has 1 N–H and O–H groups in total. The zero-order valence-electron chi connectivity index (χ0n) is 13.3. The lowest BCUT2D eigenvalue weighted by Crippen LogP contribution is -2.56. The maximum atomic E-state index is 14.0. The van der Waals surface area contributed by atoms with Gasteiger partial charge in [0.2, 0.25) is 11.8 Å². The second-order valence-electron chi connectivity index (χ2n) is 5.59. The van der Waals surface area contributed by atoms with Crippen molar-refractivity contribution in [3.8, 4) is 0 Å². The second kappa shape index (κ2) is 7.75. The Kier molecular flexibility index (Phi) is 5.96. The molecule has 0 aliphatic carbocycles. The SMILES string of the molecule is CCN(C)C(=O)C[C@H]1C(=O)NCCN1Cc1c(F)cccc1Cl. The predicted octanol–water partition coefficient (Wildman–Crippen LogP) is 1.65. The fraction of sp³-hybridized carbons (Fsp3) is 0.500. The standard InChI is InChI=1S/C16H21ClFN3O2/c1-3-20(2)15(22)9-14-16(23)19-7-8-21(14)10-11-12(17)5-4-6-13(11)18/h4-6,14H,3,7-10H2,1-2H3,(H,19,23)/t14-/m0/s1. The number of hydrogen-bond acceptors (Lipinski definition) is 3. The number of hydrogen-bond donors (Lipinski definition) is 1. The van der Waals surface area contributed by atoms with E-state index in [9.17, 15) is 14.0 Å². The highest BCUT2D eigenvalue weighted by Gasteiger charge is 2.33. The van der Waals surface area contributed by atoms with Crippen molar-refractivity contribution in [1.29, 1.82) is 0 Å². The third-order valence-electron chi connectivity index (χ3n) is 4.13. The van der Waals surface area contributed by atoms with Gasteiger partial charge in [-0.3, -0.25) is 14.5 Å². The van der Waals surface area contributed by atoms with Gasteiger partial charge < -0.3 is 10.2 Å². The normalized spacial score (nSPS) is 18.6. The molecular weight excluding hydrogens is 321 g/mol. The zero-order chi connectivity index (χ0) is 17.0. The average Bonchev–Trinajstić information content (AvgIpc) is 2.53. The van der Waals surface area contributed by atoms with Crippen molar-refractivity contribution in [3.63, 3.8) is 0 Å². The summed E-state index contributed by atoms with van der Waals surface area (Å²) >= 11 is 6.07. The van der Waals surface area contributed by atoms with Gasteiger partial charge in [0.1, 0.15) is 5.82 Å². The van der Waals surface area contributed by atoms with Crippen LogP contribution in [0.2, 0.25) is 5.02 Å². The molecule has 0 bridgehead atoms. The van der Waals surface area contributed by atoms with E-state index in [1.807, 2.05) is 11.8 Å². The molecule has 5 nitrogen and oxygen atoms in total. The van der Waals surface area contributed by atoms with E-state index in [0.29, 0.717) is 30.2 Å². The van der Waals surface area contributed by atoms with Gasteiger partial charge >= 0.3 is 0 Å². The minimum Gasteiger partial charge on any atom is -0.353 e. The molecule has 0 saturated carbocycles. The van der Waals surface area contributed by atoms with E-state index in [2.05, 4.69) is 5.32 Å². The van der Waals surface area contributed by atoms with Crippen LogP contribution in [0, 0.1) is 5.82 Å². The maximum absolute atomic E-state index is 14.0. The summed E-state index contributed by atoms with van der Waals surface area (Å²) in [5.41, 5.74) is 0.352. The first-order valence-electron chi connectivity index (χ1n) is 7.62. The quantitative estimate of drug-likeness (QED) is 0.886. The van der Waals surface area contributed by atoms with Crippen LogP contribution < -0.4 is 5.32 Å². The summed E-state index contributed by atoms with van der Waals surface area (Å²) in [5.74, 6) is -0.722. The number of rotatable bonds is 5. The molecule has 0 unspecified atom stereocenters. The molecule has 23 heavy (non-hydrogen) atoms. The first kappa shape index (κ1) is 17.7. The van der Waals surface area contributed by atoms with Crippen molar-refractivity contribution in [1.82, 2.24) is 15.1 Å². The monoisotopic (exact) mass is 341 g/mol. The fourth-order valence-corrected chi connectivity index (χ4v) is 2.78. The summed E-state index contributed by atoms with van der Waals surface area (Å²) in [7, 11) is 1.70. The molecule has 1 aliphatic heterocycles. The topological polar surface area (TPSA) is 52.7 Å². The molecule has 0 radical (unpaired) electrons. The van der Waals surface area contributed by atoms with E-state index in [1.54, 1.807) is 24.1 Å². The lowest BCUT2D eigenvalue weighted by Gasteiger charge is -2.35. The summed E-state index contributed by atoms with van der Waals surface area (Å²) in [5, 5.41) is 3.09. The van der Waals surface area contributed by atoms with Gasteiger partial charge in [0.05, 0.1) is 12.5 Å². The Morgan fingerprint density at radius 3 is 2.91 bits per heavy atom. The molecule has 1 saturated heterocycles. The summed E-state index contributed by atoms with van der Waals surface area (Å²) in [4.78, 5) is 27.7. The van der Waals surface area contributed by atoms with E-state index in [4.69, 9.17) is 11.6 Å². The Morgan fingerprint density at radius 2 is 2.26 bits per heavy atom. The lowest BCUT2D eigenvalue weighted by molar-refractivity contribution is -0.138. The van der Waals surface area contributed by atoms with Gasteiger partial charge in [-0.05, 0) is 19.1 Å². The van der Waals surface area contributed by atoms with Crippen LogP contribution in [0.1, 0.15) is 18.9 Å². The van der Waals surface area contributed by atoms with E-state index < -0.39 is 11.9 Å². The molecule has 1 atom stereocenters. The van der Waals surface area contributed by atoms with Crippen LogP contribution >= 0.6 is 11.6 Å². The minimum atomic E-state index is -0.610. The van der Waals surface area contributed by atoms with Crippen molar-refractivity contribution < 1.29 is 14.0 Å². The second-order valence-corrected chi connectivity index (χ2v) is 6.00. The van der Waals surface area contributed by atoms with Gasteiger partial charge in [-0.25, -0.2) is 4.39 Å². The van der Waals surface area contributed by atoms with Crippen LogP contribution in [0.15, 0.2) is 18.2 Å². The summed E-state index contributed by atoms with van der Waals surface area (Å²) in [6.45, 7) is 3.66. The third kappa shape index (κ3) is 4.20. The van der Waals surface area contributed by atoms with Gasteiger partial charge in [-0.15, -0.1) is 0 Å². The molecule has 7 heteroatoms. The van der Waals surface area contributed by atoms with Crippen molar-refractivity contribution in [2.24, 2.45) is 0 Å². The molecule has 2 amide bonds. The Balaban J connectivity index is 2.17. The first-order chi connectivity index (χ1) is 10.9. The molecule has 1 aromatic rings. The summed E-state index contributed by atoms with van der Waals surface area (Å²) < 4.78 is 14.0. The van der Waals surface area contributed by atoms with E-state index >= 15 is 0 Å². The molecule has 1 aliphatic rings. The number of benzene rings is 1. The lowest BCUT2D eigenvalue weighted by atomic mass is 10.1. The van der Waals surface area contributed by atoms with Crippen molar-refractivity contribution >= 4 is 23.4 Å². The number of nitrogens with one attached hydrogen (secondary N) is 1. The van der Waals surface area contributed by atoms with E-state index in [0.717, 1.165) is 0 Å². The highest BCUT2D eigenvalue weighted by molar-refractivity contribution is 6.31. The van der Waals surface area contributed by atoms with Gasteiger partial charge in [-0.2, -0.15) is 0 Å². The van der Waals surface area contributed by atoms with Crippen molar-refractivity contribution in [3.05, 3.63) is 34.6 Å². The largest absolute Gasteiger partial charge is 0.353 e.